The smallest absolute Gasteiger partial charge is 0.311 e. The summed E-state index contributed by atoms with van der Waals surface area (Å²) in [5.41, 5.74) is 0.874. The van der Waals surface area contributed by atoms with Crippen LogP contribution in [0.15, 0.2) is 41.6 Å². The molecule has 0 amide bonds. The lowest BCUT2D eigenvalue weighted by Gasteiger charge is -2.19. The second kappa shape index (κ2) is 8.20. The minimum atomic E-state index is -4.31. The minimum absolute atomic E-state index is 0.163. The highest BCUT2D eigenvalue weighted by atomic mass is 32.3. The maximum absolute atomic E-state index is 12.0. The summed E-state index contributed by atoms with van der Waals surface area (Å²) in [6.45, 7) is 6.30. The summed E-state index contributed by atoms with van der Waals surface area (Å²) in [5, 5.41) is 0. The fourth-order valence-corrected chi connectivity index (χ4v) is 5.08. The third kappa shape index (κ3) is 6.02. The quantitative estimate of drug-likeness (QED) is 0.597. The van der Waals surface area contributed by atoms with E-state index >= 15 is 0 Å². The lowest BCUT2D eigenvalue weighted by Crippen LogP contribution is -2.26. The van der Waals surface area contributed by atoms with Crippen molar-refractivity contribution in [2.45, 2.75) is 31.6 Å². The van der Waals surface area contributed by atoms with Gasteiger partial charge in [0.05, 0.1) is 17.3 Å². The van der Waals surface area contributed by atoms with Gasteiger partial charge in [-0.05, 0) is 38.8 Å². The predicted octanol–water partition coefficient (Wildman–Crippen LogP) is 1.88. The normalized spacial score (nSPS) is 15.1. The molecule has 0 fully saturated rings. The van der Waals surface area contributed by atoms with Gasteiger partial charge in [-0.2, -0.15) is 16.8 Å². The Labute approximate surface area is 150 Å². The first-order valence-corrected chi connectivity index (χ1v) is 11.1. The fraction of sp³-hybridized carbons (Fsp3) is 0.500. The van der Waals surface area contributed by atoms with Crippen LogP contribution in [0.4, 0.5) is 0 Å². The highest BCUT2D eigenvalue weighted by Gasteiger charge is 2.24. The van der Waals surface area contributed by atoms with E-state index < -0.39 is 20.2 Å². The molecule has 0 atom stereocenters. The number of hydrogen-bond acceptors (Lipinski definition) is 7. The Hall–Kier alpha value is -1.58. The van der Waals surface area contributed by atoms with Gasteiger partial charge < -0.3 is 9.80 Å². The molecule has 0 radical (unpaired) electrons. The number of unbranched alkanes of at least 4 members (excludes halogenated alkanes) is 1. The largest absolute Gasteiger partial charge is 0.359 e. The van der Waals surface area contributed by atoms with Crippen molar-refractivity contribution in [3.05, 3.63) is 42.2 Å². The van der Waals surface area contributed by atoms with Gasteiger partial charge in [-0.25, -0.2) is 0 Å². The van der Waals surface area contributed by atoms with Gasteiger partial charge >= 0.3 is 10.1 Å². The molecule has 1 aliphatic rings. The molecule has 1 aromatic rings. The third-order valence-corrected chi connectivity index (χ3v) is 7.03. The molecule has 1 aromatic carbocycles. The number of nitrogens with zero attached hydrogens (tertiary/aromatic N) is 2. The molecular formula is C16H24N2O5S2. The highest BCUT2D eigenvalue weighted by Crippen LogP contribution is 2.17. The third-order valence-electron chi connectivity index (χ3n) is 3.85. The summed E-state index contributed by atoms with van der Waals surface area (Å²) in [6, 6.07) is 5.84. The summed E-state index contributed by atoms with van der Waals surface area (Å²) in [6.07, 6.45) is 4.93. The molecule has 0 bridgehead atoms. The molecule has 0 unspecified atom stereocenters. The number of aryl methyl sites for hydroxylation is 1. The molecule has 1 heterocycles. The summed E-state index contributed by atoms with van der Waals surface area (Å²) in [7, 11) is -8.46. The van der Waals surface area contributed by atoms with E-state index in [0.717, 1.165) is 18.8 Å². The second-order valence-electron chi connectivity index (χ2n) is 5.96. The Bertz CT molecular complexity index is 801. The highest BCUT2D eigenvalue weighted by molar-refractivity contribution is 7.99. The van der Waals surface area contributed by atoms with E-state index in [4.69, 9.17) is 0 Å². The van der Waals surface area contributed by atoms with Crippen LogP contribution < -0.4 is 0 Å². The van der Waals surface area contributed by atoms with E-state index in [0.29, 0.717) is 19.4 Å². The summed E-state index contributed by atoms with van der Waals surface area (Å²) >= 11 is 0. The second-order valence-corrected chi connectivity index (χ2v) is 9.41. The molecule has 0 saturated heterocycles. The van der Waals surface area contributed by atoms with E-state index in [1.165, 1.54) is 12.1 Å². The number of rotatable bonds is 9. The van der Waals surface area contributed by atoms with Gasteiger partial charge in [-0.1, -0.05) is 17.7 Å². The van der Waals surface area contributed by atoms with E-state index in [9.17, 15) is 16.8 Å². The Morgan fingerprint density at radius 2 is 1.64 bits per heavy atom. The summed E-state index contributed by atoms with van der Waals surface area (Å²) < 4.78 is 52.4. The molecule has 0 N–H and O–H groups in total. The maximum atomic E-state index is 12.0. The lowest BCUT2D eigenvalue weighted by molar-refractivity contribution is 0.270. The van der Waals surface area contributed by atoms with Crippen molar-refractivity contribution >= 4 is 20.2 Å². The lowest BCUT2D eigenvalue weighted by atomic mass is 10.2. The Kier molecular flexibility index (Phi) is 6.47. The molecule has 25 heavy (non-hydrogen) atoms. The zero-order valence-electron chi connectivity index (χ0n) is 14.5. The van der Waals surface area contributed by atoms with Gasteiger partial charge in [-0.15, -0.1) is 3.63 Å². The zero-order valence-corrected chi connectivity index (χ0v) is 16.1. The summed E-state index contributed by atoms with van der Waals surface area (Å²) in [5.74, 6) is -0.326. The van der Waals surface area contributed by atoms with Crippen LogP contribution >= 0.6 is 0 Å². The van der Waals surface area contributed by atoms with Crippen molar-refractivity contribution in [1.82, 2.24) is 9.80 Å². The number of hydrogen-bond donors (Lipinski definition) is 0. The first kappa shape index (κ1) is 19.7. The molecule has 0 spiro atoms. The van der Waals surface area contributed by atoms with Crippen molar-refractivity contribution in [3.63, 3.8) is 0 Å². The van der Waals surface area contributed by atoms with Crippen LogP contribution in [0.25, 0.3) is 0 Å². The van der Waals surface area contributed by atoms with Gasteiger partial charge in [0, 0.05) is 25.5 Å². The topological polar surface area (TPSA) is 84.0 Å². The molecule has 1 aliphatic heterocycles. The Morgan fingerprint density at radius 1 is 1.00 bits per heavy atom. The summed E-state index contributed by atoms with van der Waals surface area (Å²) in [4.78, 5) is 4.05. The predicted molar refractivity (Wildman–Crippen MR) is 95.6 cm³/mol. The van der Waals surface area contributed by atoms with E-state index in [1.54, 1.807) is 12.1 Å². The van der Waals surface area contributed by atoms with Crippen LogP contribution in [0.2, 0.25) is 0 Å². The van der Waals surface area contributed by atoms with Crippen LogP contribution in [0.3, 0.4) is 0 Å². The van der Waals surface area contributed by atoms with Crippen LogP contribution in [0.1, 0.15) is 25.3 Å². The van der Waals surface area contributed by atoms with Gasteiger partial charge in [0.25, 0.3) is 10.1 Å². The van der Waals surface area contributed by atoms with Gasteiger partial charge in [-0.3, -0.25) is 0 Å². The first-order valence-electron chi connectivity index (χ1n) is 8.14. The van der Waals surface area contributed by atoms with Crippen LogP contribution in [-0.2, 0) is 23.9 Å². The average Bonchev–Trinajstić information content (AvgIpc) is 2.99. The Morgan fingerprint density at radius 3 is 2.24 bits per heavy atom. The van der Waals surface area contributed by atoms with E-state index in [2.05, 4.69) is 20.4 Å². The first-order chi connectivity index (χ1) is 11.7. The minimum Gasteiger partial charge on any atom is -0.359 e. The van der Waals surface area contributed by atoms with Gasteiger partial charge in [0.1, 0.15) is 0 Å². The molecule has 0 aromatic heterocycles. The molecule has 0 aliphatic carbocycles. The van der Waals surface area contributed by atoms with Crippen LogP contribution in [0, 0.1) is 6.92 Å². The van der Waals surface area contributed by atoms with Crippen molar-refractivity contribution in [3.8, 4) is 0 Å². The van der Waals surface area contributed by atoms with Crippen molar-refractivity contribution in [2.24, 2.45) is 0 Å². The van der Waals surface area contributed by atoms with Crippen molar-refractivity contribution in [1.29, 1.82) is 0 Å². The van der Waals surface area contributed by atoms with Gasteiger partial charge in [0.15, 0.2) is 0 Å². The monoisotopic (exact) mass is 388 g/mol. The SMILES string of the molecule is CCN1C=CN(CCCCS(=O)(=O)OS(=O)(=O)c2ccc(C)cc2)C1. The molecule has 2 rings (SSSR count). The van der Waals surface area contributed by atoms with Crippen molar-refractivity contribution in [2.75, 3.05) is 25.5 Å². The van der Waals surface area contributed by atoms with Crippen LogP contribution in [0.5, 0.6) is 0 Å². The average molecular weight is 389 g/mol. The van der Waals surface area contributed by atoms with Crippen molar-refractivity contribution < 1.29 is 20.5 Å². The molecule has 9 heteroatoms. The molecule has 140 valence electrons. The van der Waals surface area contributed by atoms with E-state index in [1.807, 2.05) is 19.3 Å². The molecule has 0 saturated carbocycles. The van der Waals surface area contributed by atoms with Gasteiger partial charge in [0.2, 0.25) is 0 Å². The maximum Gasteiger partial charge on any atom is 0.311 e. The fourth-order valence-electron chi connectivity index (χ4n) is 2.38. The zero-order chi connectivity index (χ0) is 18.5. The number of benzene rings is 1. The van der Waals surface area contributed by atoms with Crippen LogP contribution in [-0.4, -0.2) is 52.1 Å². The Balaban J connectivity index is 1.81. The molecular weight excluding hydrogens is 364 g/mol. The van der Waals surface area contributed by atoms with E-state index in [-0.39, 0.29) is 10.6 Å². The molecule has 7 nitrogen and oxygen atoms in total. The standard InChI is InChI=1S/C16H24N2O5S2/c1-3-17-11-12-18(14-17)10-4-5-13-24(19,20)23-25(21,22)16-8-6-15(2)7-9-16/h6-9,11-12H,3-5,10,13-14H2,1-2H3.